The summed E-state index contributed by atoms with van der Waals surface area (Å²) in [6.07, 6.45) is -0.121. The van der Waals surface area contributed by atoms with Crippen molar-refractivity contribution >= 4 is 27.1 Å². The quantitative estimate of drug-likeness (QED) is 0.643. The number of sulfonamides is 1. The number of nitrogens with zero attached hydrogens (tertiary/aromatic N) is 1. The first kappa shape index (κ1) is 24.3. The lowest BCUT2D eigenvalue weighted by Gasteiger charge is -2.37. The summed E-state index contributed by atoms with van der Waals surface area (Å²) in [4.78, 5) is 1.80. The maximum atomic E-state index is 14.8. The minimum Gasteiger partial charge on any atom is -0.379 e. The fourth-order valence-electron chi connectivity index (χ4n) is 3.49. The van der Waals surface area contributed by atoms with E-state index < -0.39 is 26.4 Å². The molecular formula is C23H31F2N3O3S. The molecule has 9 heteroatoms. The number of nitrogens with one attached hydrogen (secondary N) is 2. The minimum absolute atomic E-state index is 0.0603. The second kappa shape index (κ2) is 9.23. The van der Waals surface area contributed by atoms with Crippen LogP contribution in [0.25, 0.3) is 0 Å². The van der Waals surface area contributed by atoms with Gasteiger partial charge in [0.25, 0.3) is 0 Å². The third kappa shape index (κ3) is 5.50. The second-order valence-electron chi connectivity index (χ2n) is 9.19. The Kier molecular flexibility index (Phi) is 7.00. The van der Waals surface area contributed by atoms with Gasteiger partial charge in [-0.05, 0) is 64.4 Å². The number of morpholine rings is 1. The number of rotatable bonds is 6. The molecule has 1 heterocycles. The summed E-state index contributed by atoms with van der Waals surface area (Å²) in [5.74, 6) is -1.81. The Morgan fingerprint density at radius 2 is 1.59 bits per heavy atom. The van der Waals surface area contributed by atoms with Crippen LogP contribution in [0.3, 0.4) is 0 Å². The SMILES string of the molecule is C[C@@H]1CN(c2ccc(NCc3ccc(NS(=O)(=O)C(C)(C)C)cc3)c(F)c2F)C[C@H](C)O1. The molecule has 0 bridgehead atoms. The van der Waals surface area contributed by atoms with Gasteiger partial charge in [-0.15, -0.1) is 0 Å². The van der Waals surface area contributed by atoms with Crippen LogP contribution in [-0.2, 0) is 21.3 Å². The Morgan fingerprint density at radius 3 is 2.16 bits per heavy atom. The first-order chi connectivity index (χ1) is 14.9. The summed E-state index contributed by atoms with van der Waals surface area (Å²) in [6.45, 7) is 9.93. The van der Waals surface area contributed by atoms with Gasteiger partial charge in [-0.3, -0.25) is 4.72 Å². The van der Waals surface area contributed by atoms with Crippen molar-refractivity contribution in [2.45, 2.75) is 58.1 Å². The third-order valence-corrected chi connectivity index (χ3v) is 7.43. The molecular weight excluding hydrogens is 436 g/mol. The Morgan fingerprint density at radius 1 is 1.00 bits per heavy atom. The second-order valence-corrected chi connectivity index (χ2v) is 11.6. The van der Waals surface area contributed by atoms with Crippen LogP contribution >= 0.6 is 0 Å². The number of ether oxygens (including phenoxy) is 1. The molecule has 0 aromatic heterocycles. The molecule has 0 saturated carbocycles. The zero-order chi connectivity index (χ0) is 23.7. The number of halogens is 2. The van der Waals surface area contributed by atoms with Crippen LogP contribution in [0.2, 0.25) is 0 Å². The van der Waals surface area contributed by atoms with Crippen LogP contribution in [0.5, 0.6) is 0 Å². The van der Waals surface area contributed by atoms with Crippen LogP contribution in [0.1, 0.15) is 40.2 Å². The predicted octanol–water partition coefficient (Wildman–Crippen LogP) is 4.73. The molecule has 2 N–H and O–H groups in total. The molecule has 2 aromatic carbocycles. The standard InChI is InChI=1S/C23H31F2N3O3S/c1-15-13-28(14-16(2)31-15)20-11-10-19(21(24)22(20)25)26-12-17-6-8-18(9-7-17)27-32(29,30)23(3,4)5/h6-11,15-16,26-27H,12-14H2,1-5H3/t15-,16+. The van der Waals surface area contributed by atoms with E-state index in [1.54, 1.807) is 56.0 Å². The van der Waals surface area contributed by atoms with Crippen molar-refractivity contribution < 1.29 is 21.9 Å². The third-order valence-electron chi connectivity index (χ3n) is 5.32. The van der Waals surface area contributed by atoms with Gasteiger partial charge >= 0.3 is 0 Å². The lowest BCUT2D eigenvalue weighted by atomic mass is 10.1. The van der Waals surface area contributed by atoms with Crippen LogP contribution in [0.4, 0.5) is 25.8 Å². The van der Waals surface area contributed by atoms with E-state index in [4.69, 9.17) is 4.74 Å². The van der Waals surface area contributed by atoms with Crippen LogP contribution < -0.4 is 14.9 Å². The van der Waals surface area contributed by atoms with Crippen molar-refractivity contribution in [2.75, 3.05) is 28.0 Å². The molecule has 0 spiro atoms. The van der Waals surface area contributed by atoms with Crippen molar-refractivity contribution in [3.8, 4) is 0 Å². The molecule has 6 nitrogen and oxygen atoms in total. The molecule has 2 aromatic rings. The summed E-state index contributed by atoms with van der Waals surface area (Å²) < 4.78 is 61.3. The van der Waals surface area contributed by atoms with Gasteiger partial charge in [0.05, 0.1) is 28.3 Å². The van der Waals surface area contributed by atoms with E-state index in [0.29, 0.717) is 18.8 Å². The summed E-state index contributed by atoms with van der Waals surface area (Å²) >= 11 is 0. The molecule has 1 aliphatic heterocycles. The molecule has 0 amide bonds. The fraction of sp³-hybridized carbons (Fsp3) is 0.478. The van der Waals surface area contributed by atoms with Gasteiger partial charge in [-0.2, -0.15) is 0 Å². The number of hydrogen-bond donors (Lipinski definition) is 2. The molecule has 0 radical (unpaired) electrons. The van der Waals surface area contributed by atoms with Gasteiger partial charge in [-0.1, -0.05) is 12.1 Å². The highest BCUT2D eigenvalue weighted by Crippen LogP contribution is 2.29. The van der Waals surface area contributed by atoms with E-state index in [2.05, 4.69) is 10.0 Å². The van der Waals surface area contributed by atoms with Gasteiger partial charge in [0.15, 0.2) is 11.6 Å². The minimum atomic E-state index is -3.52. The highest BCUT2D eigenvalue weighted by Gasteiger charge is 2.29. The van der Waals surface area contributed by atoms with Crippen molar-refractivity contribution in [1.82, 2.24) is 0 Å². The normalized spacial score (nSPS) is 19.7. The van der Waals surface area contributed by atoms with Gasteiger partial charge in [0, 0.05) is 25.3 Å². The Balaban J connectivity index is 1.66. The summed E-state index contributed by atoms with van der Waals surface area (Å²) in [5.41, 5.74) is 1.53. The lowest BCUT2D eigenvalue weighted by molar-refractivity contribution is -0.00542. The van der Waals surface area contributed by atoms with E-state index in [1.807, 2.05) is 13.8 Å². The number of anilines is 3. The molecule has 1 saturated heterocycles. The van der Waals surface area contributed by atoms with E-state index in [0.717, 1.165) is 5.56 Å². The molecule has 2 atom stereocenters. The van der Waals surface area contributed by atoms with Crippen molar-refractivity contribution in [1.29, 1.82) is 0 Å². The number of hydrogen-bond acceptors (Lipinski definition) is 5. The van der Waals surface area contributed by atoms with Crippen molar-refractivity contribution in [3.05, 3.63) is 53.6 Å². The van der Waals surface area contributed by atoms with Gasteiger partial charge < -0.3 is 15.0 Å². The summed E-state index contributed by atoms with van der Waals surface area (Å²) in [7, 11) is -3.52. The van der Waals surface area contributed by atoms with Gasteiger partial charge in [0.1, 0.15) is 0 Å². The monoisotopic (exact) mass is 467 g/mol. The lowest BCUT2D eigenvalue weighted by Crippen LogP contribution is -2.45. The Labute approximate surface area is 189 Å². The molecule has 1 aliphatic rings. The van der Waals surface area contributed by atoms with Crippen LogP contribution in [0.15, 0.2) is 36.4 Å². The predicted molar refractivity (Wildman–Crippen MR) is 125 cm³/mol. The van der Waals surface area contributed by atoms with Crippen LogP contribution in [0, 0.1) is 11.6 Å². The van der Waals surface area contributed by atoms with Crippen molar-refractivity contribution in [3.63, 3.8) is 0 Å². The molecule has 0 unspecified atom stereocenters. The highest BCUT2D eigenvalue weighted by molar-refractivity contribution is 7.94. The molecule has 3 rings (SSSR count). The Hall–Kier alpha value is -2.39. The summed E-state index contributed by atoms with van der Waals surface area (Å²) in [5, 5.41) is 2.91. The summed E-state index contributed by atoms with van der Waals surface area (Å²) in [6, 6.07) is 9.85. The van der Waals surface area contributed by atoms with E-state index in [9.17, 15) is 17.2 Å². The fourth-order valence-corrected chi connectivity index (χ4v) is 4.24. The Bertz CT molecular complexity index is 1040. The molecule has 176 valence electrons. The maximum absolute atomic E-state index is 14.8. The zero-order valence-corrected chi connectivity index (χ0v) is 19.9. The first-order valence-electron chi connectivity index (χ1n) is 10.6. The van der Waals surface area contributed by atoms with Gasteiger partial charge in [0.2, 0.25) is 10.0 Å². The first-order valence-corrected chi connectivity index (χ1v) is 12.1. The maximum Gasteiger partial charge on any atom is 0.237 e. The van der Waals surface area contributed by atoms with E-state index in [-0.39, 0.29) is 30.1 Å². The van der Waals surface area contributed by atoms with E-state index >= 15 is 0 Å². The highest BCUT2D eigenvalue weighted by atomic mass is 32.2. The number of benzene rings is 2. The van der Waals surface area contributed by atoms with Crippen LogP contribution in [-0.4, -0.2) is 38.5 Å². The smallest absolute Gasteiger partial charge is 0.237 e. The molecule has 0 aliphatic carbocycles. The molecule has 32 heavy (non-hydrogen) atoms. The average Bonchev–Trinajstić information content (AvgIpc) is 2.68. The molecule has 1 fully saturated rings. The average molecular weight is 468 g/mol. The van der Waals surface area contributed by atoms with Crippen molar-refractivity contribution in [2.24, 2.45) is 0 Å². The topological polar surface area (TPSA) is 70.7 Å². The van der Waals surface area contributed by atoms with Gasteiger partial charge in [-0.25, -0.2) is 17.2 Å². The zero-order valence-electron chi connectivity index (χ0n) is 19.1. The largest absolute Gasteiger partial charge is 0.379 e. The van der Waals surface area contributed by atoms with E-state index in [1.165, 1.54) is 6.07 Å².